The van der Waals surface area contributed by atoms with E-state index in [0.717, 1.165) is 16.7 Å². The van der Waals surface area contributed by atoms with Crippen LogP contribution in [0.25, 0.3) is 11.1 Å². The average Bonchev–Trinajstić information content (AvgIpc) is 2.37. The monoisotopic (exact) mass is 224 g/mol. The number of fused-ring (bicyclic) bond motifs is 3. The van der Waals surface area contributed by atoms with Gasteiger partial charge in [0.2, 0.25) is 5.88 Å². The smallest absolute Gasteiger partial charge is 0.268 e. The second kappa shape index (κ2) is 3.49. The molecular formula is C13H8N2O2. The molecule has 1 N–H and O–H groups in total. The molecule has 0 saturated carbocycles. The van der Waals surface area contributed by atoms with Gasteiger partial charge < -0.3 is 4.74 Å². The van der Waals surface area contributed by atoms with Crippen molar-refractivity contribution in [1.82, 2.24) is 4.98 Å². The van der Waals surface area contributed by atoms with Gasteiger partial charge in [0.1, 0.15) is 18.2 Å². The standard InChI is InChI=1S/C13H8N2O2/c14-6-9-5-11-10-4-2-1-3-8(10)7-17-13(11)15-12(9)16/h1-5H,7H2,(H,15,16). The lowest BCUT2D eigenvalue weighted by atomic mass is 9.98. The summed E-state index contributed by atoms with van der Waals surface area (Å²) in [6, 6.07) is 11.2. The van der Waals surface area contributed by atoms with Crippen LogP contribution >= 0.6 is 0 Å². The molecule has 1 aromatic carbocycles. The zero-order chi connectivity index (χ0) is 11.8. The molecule has 1 aliphatic heterocycles. The van der Waals surface area contributed by atoms with Gasteiger partial charge in [-0.25, -0.2) is 0 Å². The zero-order valence-electron chi connectivity index (χ0n) is 8.86. The first-order valence-electron chi connectivity index (χ1n) is 5.18. The number of benzene rings is 1. The van der Waals surface area contributed by atoms with E-state index in [0.29, 0.717) is 12.5 Å². The Morgan fingerprint density at radius 2 is 2.12 bits per heavy atom. The number of nitrogens with zero attached hydrogens (tertiary/aromatic N) is 1. The molecule has 4 heteroatoms. The van der Waals surface area contributed by atoms with Crippen molar-refractivity contribution in [1.29, 1.82) is 5.26 Å². The van der Waals surface area contributed by atoms with Crippen molar-refractivity contribution < 1.29 is 4.74 Å². The topological polar surface area (TPSA) is 65.9 Å². The number of H-pyrrole nitrogens is 1. The largest absolute Gasteiger partial charge is 0.474 e. The Bertz CT molecular complexity index is 695. The lowest BCUT2D eigenvalue weighted by Crippen LogP contribution is -2.15. The molecule has 4 nitrogen and oxygen atoms in total. The molecule has 2 heterocycles. The van der Waals surface area contributed by atoms with Gasteiger partial charge >= 0.3 is 0 Å². The highest BCUT2D eigenvalue weighted by atomic mass is 16.5. The van der Waals surface area contributed by atoms with Gasteiger partial charge in [0.05, 0.1) is 0 Å². The Labute approximate surface area is 97.1 Å². The van der Waals surface area contributed by atoms with Crippen LogP contribution in [0.2, 0.25) is 0 Å². The van der Waals surface area contributed by atoms with Crippen LogP contribution in [0, 0.1) is 11.3 Å². The van der Waals surface area contributed by atoms with Crippen LogP contribution in [0.3, 0.4) is 0 Å². The molecule has 1 aliphatic rings. The Morgan fingerprint density at radius 1 is 1.29 bits per heavy atom. The van der Waals surface area contributed by atoms with Crippen molar-refractivity contribution in [3.05, 3.63) is 51.8 Å². The molecule has 0 radical (unpaired) electrons. The van der Waals surface area contributed by atoms with Gasteiger partial charge in [-0.2, -0.15) is 5.26 Å². The predicted molar refractivity (Wildman–Crippen MR) is 61.5 cm³/mol. The number of hydrogen-bond donors (Lipinski definition) is 1. The van der Waals surface area contributed by atoms with Crippen molar-refractivity contribution in [2.24, 2.45) is 0 Å². The van der Waals surface area contributed by atoms with Gasteiger partial charge in [-0.15, -0.1) is 0 Å². The van der Waals surface area contributed by atoms with Gasteiger partial charge in [0.15, 0.2) is 0 Å². The minimum Gasteiger partial charge on any atom is -0.474 e. The molecule has 17 heavy (non-hydrogen) atoms. The Hall–Kier alpha value is -2.54. The Balaban J connectivity index is 2.32. The highest BCUT2D eigenvalue weighted by molar-refractivity contribution is 5.74. The summed E-state index contributed by atoms with van der Waals surface area (Å²) in [4.78, 5) is 14.1. The van der Waals surface area contributed by atoms with Crippen molar-refractivity contribution in [2.75, 3.05) is 0 Å². The maximum atomic E-state index is 11.5. The van der Waals surface area contributed by atoms with Crippen molar-refractivity contribution >= 4 is 0 Å². The summed E-state index contributed by atoms with van der Waals surface area (Å²) in [5.74, 6) is 0.438. The summed E-state index contributed by atoms with van der Waals surface area (Å²) in [6.45, 7) is 0.436. The molecule has 0 saturated heterocycles. The number of aromatic amines is 1. The Morgan fingerprint density at radius 3 is 2.94 bits per heavy atom. The third kappa shape index (κ3) is 1.41. The first kappa shape index (κ1) is 9.67. The minimum atomic E-state index is -0.411. The summed E-state index contributed by atoms with van der Waals surface area (Å²) >= 11 is 0. The van der Waals surface area contributed by atoms with Crippen LogP contribution in [0.4, 0.5) is 0 Å². The summed E-state index contributed by atoms with van der Waals surface area (Å²) < 4.78 is 5.47. The number of aromatic nitrogens is 1. The van der Waals surface area contributed by atoms with Crippen LogP contribution in [-0.2, 0) is 6.61 Å². The molecule has 0 atom stereocenters. The molecule has 0 fully saturated rings. The molecule has 0 aliphatic carbocycles. The summed E-state index contributed by atoms with van der Waals surface area (Å²) in [5, 5.41) is 8.86. The number of nitriles is 1. The Kier molecular flexibility index (Phi) is 1.99. The van der Waals surface area contributed by atoms with E-state index in [9.17, 15) is 4.79 Å². The van der Waals surface area contributed by atoms with Crippen LogP contribution in [0.15, 0.2) is 35.1 Å². The normalized spacial score (nSPS) is 11.9. The third-order valence-electron chi connectivity index (χ3n) is 2.80. The number of rotatable bonds is 0. The molecule has 2 aromatic rings. The van der Waals surface area contributed by atoms with E-state index >= 15 is 0 Å². The quantitative estimate of drug-likeness (QED) is 0.742. The molecular weight excluding hydrogens is 216 g/mol. The fourth-order valence-corrected chi connectivity index (χ4v) is 1.97. The second-order valence-electron chi connectivity index (χ2n) is 3.81. The molecule has 0 unspecified atom stereocenters. The van der Waals surface area contributed by atoms with E-state index in [4.69, 9.17) is 10.00 Å². The van der Waals surface area contributed by atoms with E-state index in [1.807, 2.05) is 30.3 Å². The molecule has 3 rings (SSSR count). The van der Waals surface area contributed by atoms with E-state index in [1.165, 1.54) is 0 Å². The van der Waals surface area contributed by atoms with E-state index in [2.05, 4.69) is 4.98 Å². The maximum absolute atomic E-state index is 11.5. The average molecular weight is 224 g/mol. The van der Waals surface area contributed by atoms with Gasteiger partial charge in [0, 0.05) is 5.56 Å². The molecule has 1 aromatic heterocycles. The lowest BCUT2D eigenvalue weighted by molar-refractivity contribution is 0.289. The van der Waals surface area contributed by atoms with Gasteiger partial charge in [-0.1, -0.05) is 24.3 Å². The van der Waals surface area contributed by atoms with Crippen molar-refractivity contribution in [3.8, 4) is 23.1 Å². The van der Waals surface area contributed by atoms with Crippen LogP contribution in [0.1, 0.15) is 11.1 Å². The third-order valence-corrected chi connectivity index (χ3v) is 2.80. The lowest BCUT2D eigenvalue weighted by Gasteiger charge is -2.19. The van der Waals surface area contributed by atoms with Gasteiger partial charge in [-0.3, -0.25) is 9.78 Å². The first-order chi connectivity index (χ1) is 8.29. The predicted octanol–water partition coefficient (Wildman–Crippen LogP) is 1.81. The van der Waals surface area contributed by atoms with Crippen molar-refractivity contribution in [3.63, 3.8) is 0 Å². The summed E-state index contributed by atoms with van der Waals surface area (Å²) in [5.41, 5.74) is 2.51. The van der Waals surface area contributed by atoms with Crippen molar-refractivity contribution in [2.45, 2.75) is 6.61 Å². The minimum absolute atomic E-state index is 0.101. The van der Waals surface area contributed by atoms with Gasteiger partial charge in [0.25, 0.3) is 5.56 Å². The van der Waals surface area contributed by atoms with Crippen LogP contribution in [0.5, 0.6) is 5.88 Å². The first-order valence-corrected chi connectivity index (χ1v) is 5.18. The van der Waals surface area contributed by atoms with Gasteiger partial charge in [-0.05, 0) is 17.2 Å². The maximum Gasteiger partial charge on any atom is 0.268 e. The number of hydrogen-bond acceptors (Lipinski definition) is 3. The summed E-state index contributed by atoms with van der Waals surface area (Å²) in [6.07, 6.45) is 0. The van der Waals surface area contributed by atoms with E-state index in [1.54, 1.807) is 6.07 Å². The fourth-order valence-electron chi connectivity index (χ4n) is 1.97. The number of pyridine rings is 1. The SMILES string of the molecule is N#Cc1cc2c([nH]c1=O)OCc1ccccc1-2. The molecule has 82 valence electrons. The molecule has 0 spiro atoms. The highest BCUT2D eigenvalue weighted by Gasteiger charge is 2.18. The van der Waals surface area contributed by atoms with Crippen LogP contribution in [-0.4, -0.2) is 4.98 Å². The number of ether oxygens (including phenoxy) is 1. The number of nitrogens with one attached hydrogen (secondary N) is 1. The zero-order valence-corrected chi connectivity index (χ0v) is 8.86. The van der Waals surface area contributed by atoms with E-state index < -0.39 is 5.56 Å². The summed E-state index contributed by atoms with van der Waals surface area (Å²) in [7, 11) is 0. The molecule has 0 amide bonds. The fraction of sp³-hybridized carbons (Fsp3) is 0.0769. The highest BCUT2D eigenvalue weighted by Crippen LogP contribution is 2.35. The molecule has 0 bridgehead atoms. The van der Waals surface area contributed by atoms with E-state index in [-0.39, 0.29) is 5.56 Å². The van der Waals surface area contributed by atoms with Crippen LogP contribution < -0.4 is 10.3 Å². The second-order valence-corrected chi connectivity index (χ2v) is 3.81.